The number of aryl methyl sites for hydroxylation is 1. The Morgan fingerprint density at radius 1 is 1.27 bits per heavy atom. The predicted molar refractivity (Wildman–Crippen MR) is 85.2 cm³/mol. The molecule has 1 fully saturated rings. The van der Waals surface area contributed by atoms with E-state index in [1.807, 2.05) is 0 Å². The van der Waals surface area contributed by atoms with E-state index in [9.17, 15) is 18.3 Å². The molecule has 1 atom stereocenters. The Bertz CT molecular complexity index is 870. The molecule has 1 saturated heterocycles. The standard InChI is InChI=1S/C17H16F3N3O3/c1-8-4-9(17(18,19)20)5-11(24)12(8)14-10-6-26-16(2-3-25-7-16)13(10)15(21)23-22-14/h4-5,24H,2-3,6-7H2,1H3,(H2,21,23). The second kappa shape index (κ2) is 5.55. The quantitative estimate of drug-likeness (QED) is 0.806. The van der Waals surface area contributed by atoms with Crippen LogP contribution in [0.4, 0.5) is 19.0 Å². The average molecular weight is 367 g/mol. The number of anilines is 1. The van der Waals surface area contributed by atoms with Gasteiger partial charge in [-0.25, -0.2) is 0 Å². The van der Waals surface area contributed by atoms with Crippen LogP contribution in [0.1, 0.15) is 28.7 Å². The van der Waals surface area contributed by atoms with Crippen molar-refractivity contribution in [1.82, 2.24) is 10.2 Å². The van der Waals surface area contributed by atoms with Crippen LogP contribution in [0, 0.1) is 6.92 Å². The van der Waals surface area contributed by atoms with Gasteiger partial charge in [0.1, 0.15) is 17.0 Å². The van der Waals surface area contributed by atoms with Gasteiger partial charge in [0.05, 0.1) is 18.8 Å². The van der Waals surface area contributed by atoms with E-state index in [0.29, 0.717) is 36.8 Å². The number of nitrogens with zero attached hydrogens (tertiary/aromatic N) is 2. The summed E-state index contributed by atoms with van der Waals surface area (Å²) in [6.45, 7) is 2.50. The molecule has 0 radical (unpaired) electrons. The first-order valence-electron chi connectivity index (χ1n) is 8.01. The molecule has 2 aliphatic heterocycles. The number of phenols is 1. The molecule has 138 valence electrons. The number of ether oxygens (including phenoxy) is 2. The number of alkyl halides is 3. The Balaban J connectivity index is 1.90. The van der Waals surface area contributed by atoms with Crippen molar-refractivity contribution >= 4 is 5.82 Å². The second-order valence-electron chi connectivity index (χ2n) is 6.56. The molecule has 3 N–H and O–H groups in total. The maximum Gasteiger partial charge on any atom is 0.416 e. The van der Waals surface area contributed by atoms with Crippen LogP contribution in [0.2, 0.25) is 0 Å². The fourth-order valence-corrected chi connectivity index (χ4v) is 3.72. The highest BCUT2D eigenvalue weighted by Gasteiger charge is 2.47. The van der Waals surface area contributed by atoms with Crippen molar-refractivity contribution in [2.24, 2.45) is 0 Å². The van der Waals surface area contributed by atoms with Crippen molar-refractivity contribution in [2.45, 2.75) is 31.7 Å². The summed E-state index contributed by atoms with van der Waals surface area (Å²) in [5, 5.41) is 18.3. The fraction of sp³-hybridized carbons (Fsp3) is 0.412. The molecule has 0 aliphatic carbocycles. The van der Waals surface area contributed by atoms with E-state index in [-0.39, 0.29) is 29.2 Å². The number of halogens is 3. The van der Waals surface area contributed by atoms with E-state index >= 15 is 0 Å². The van der Waals surface area contributed by atoms with Crippen molar-refractivity contribution in [3.05, 3.63) is 34.4 Å². The van der Waals surface area contributed by atoms with E-state index < -0.39 is 23.1 Å². The fourth-order valence-electron chi connectivity index (χ4n) is 3.72. The number of hydrogen-bond donors (Lipinski definition) is 2. The third-order valence-corrected chi connectivity index (χ3v) is 4.91. The maximum atomic E-state index is 13.0. The van der Waals surface area contributed by atoms with E-state index in [4.69, 9.17) is 15.2 Å². The minimum absolute atomic E-state index is 0.174. The van der Waals surface area contributed by atoms with E-state index in [1.54, 1.807) is 0 Å². The summed E-state index contributed by atoms with van der Waals surface area (Å²) < 4.78 is 50.3. The van der Waals surface area contributed by atoms with Gasteiger partial charge in [-0.1, -0.05) is 0 Å². The lowest BCUT2D eigenvalue weighted by molar-refractivity contribution is -0.137. The van der Waals surface area contributed by atoms with Gasteiger partial charge in [0.15, 0.2) is 5.82 Å². The summed E-state index contributed by atoms with van der Waals surface area (Å²) in [4.78, 5) is 0. The number of fused-ring (bicyclic) bond motifs is 2. The first-order chi connectivity index (χ1) is 12.2. The minimum atomic E-state index is -4.55. The van der Waals surface area contributed by atoms with Gasteiger partial charge in [0.25, 0.3) is 0 Å². The highest BCUT2D eigenvalue weighted by Crippen LogP contribution is 2.48. The molecular formula is C17H16F3N3O3. The smallest absolute Gasteiger partial charge is 0.416 e. The van der Waals surface area contributed by atoms with E-state index in [0.717, 1.165) is 6.07 Å². The Morgan fingerprint density at radius 3 is 2.65 bits per heavy atom. The monoisotopic (exact) mass is 367 g/mol. The third kappa shape index (κ3) is 2.42. The SMILES string of the molecule is Cc1cc(C(F)(F)F)cc(O)c1-c1nnc(N)c2c1COC21CCOC1. The summed E-state index contributed by atoms with van der Waals surface area (Å²) >= 11 is 0. The Labute approximate surface area is 146 Å². The summed E-state index contributed by atoms with van der Waals surface area (Å²) in [7, 11) is 0. The zero-order chi connectivity index (χ0) is 18.7. The number of aromatic hydroxyl groups is 1. The van der Waals surface area contributed by atoms with Crippen LogP contribution in [0.3, 0.4) is 0 Å². The van der Waals surface area contributed by atoms with E-state index in [2.05, 4.69) is 10.2 Å². The number of aromatic nitrogens is 2. The number of benzene rings is 1. The van der Waals surface area contributed by atoms with Crippen molar-refractivity contribution in [3.8, 4) is 17.0 Å². The Kier molecular flexibility index (Phi) is 3.64. The molecule has 2 aromatic rings. The van der Waals surface area contributed by atoms with Gasteiger partial charge in [-0.2, -0.15) is 13.2 Å². The van der Waals surface area contributed by atoms with Crippen molar-refractivity contribution < 1.29 is 27.8 Å². The van der Waals surface area contributed by atoms with Crippen LogP contribution in [-0.2, 0) is 27.9 Å². The maximum absolute atomic E-state index is 13.0. The molecule has 1 aromatic carbocycles. The lowest BCUT2D eigenvalue weighted by atomic mass is 9.89. The van der Waals surface area contributed by atoms with Crippen molar-refractivity contribution in [2.75, 3.05) is 18.9 Å². The van der Waals surface area contributed by atoms with Crippen LogP contribution in [-0.4, -0.2) is 28.5 Å². The molecule has 3 heterocycles. The molecule has 2 aliphatic rings. The zero-order valence-corrected chi connectivity index (χ0v) is 13.9. The average Bonchev–Trinajstić information content (AvgIpc) is 3.17. The second-order valence-corrected chi connectivity index (χ2v) is 6.56. The van der Waals surface area contributed by atoms with Gasteiger partial charge in [0.2, 0.25) is 0 Å². The molecule has 4 rings (SSSR count). The van der Waals surface area contributed by atoms with Gasteiger partial charge >= 0.3 is 6.18 Å². The number of hydrogen-bond acceptors (Lipinski definition) is 6. The molecule has 6 nitrogen and oxygen atoms in total. The highest BCUT2D eigenvalue weighted by atomic mass is 19.4. The molecular weight excluding hydrogens is 351 g/mol. The molecule has 0 saturated carbocycles. The summed E-state index contributed by atoms with van der Waals surface area (Å²) in [5.41, 5.74) is 6.37. The normalized spacial score (nSPS) is 22.2. The number of nitrogens with two attached hydrogens (primary N) is 1. The topological polar surface area (TPSA) is 90.5 Å². The molecule has 26 heavy (non-hydrogen) atoms. The lowest BCUT2D eigenvalue weighted by Gasteiger charge is -2.22. The zero-order valence-electron chi connectivity index (χ0n) is 13.9. The Hall–Kier alpha value is -2.39. The largest absolute Gasteiger partial charge is 0.507 e. The van der Waals surface area contributed by atoms with Gasteiger partial charge in [-0.05, 0) is 24.6 Å². The summed E-state index contributed by atoms with van der Waals surface area (Å²) in [6, 6.07) is 1.67. The molecule has 9 heteroatoms. The molecule has 0 amide bonds. The molecule has 1 spiro atoms. The van der Waals surface area contributed by atoms with Crippen LogP contribution in [0.15, 0.2) is 12.1 Å². The van der Waals surface area contributed by atoms with Gasteiger partial charge in [-0.3, -0.25) is 0 Å². The lowest BCUT2D eigenvalue weighted by Crippen LogP contribution is -2.27. The molecule has 1 aromatic heterocycles. The van der Waals surface area contributed by atoms with Crippen LogP contribution in [0.25, 0.3) is 11.3 Å². The number of phenolic OH excluding ortho intramolecular Hbond substituents is 1. The van der Waals surface area contributed by atoms with Gasteiger partial charge in [0, 0.05) is 29.7 Å². The van der Waals surface area contributed by atoms with Crippen LogP contribution in [0.5, 0.6) is 5.75 Å². The summed E-state index contributed by atoms with van der Waals surface area (Å²) in [5.74, 6) is -0.307. The van der Waals surface area contributed by atoms with Crippen LogP contribution < -0.4 is 5.73 Å². The van der Waals surface area contributed by atoms with Gasteiger partial charge < -0.3 is 20.3 Å². The van der Waals surface area contributed by atoms with Crippen molar-refractivity contribution in [1.29, 1.82) is 0 Å². The van der Waals surface area contributed by atoms with E-state index in [1.165, 1.54) is 6.92 Å². The Morgan fingerprint density at radius 2 is 2.04 bits per heavy atom. The first kappa shape index (κ1) is 17.0. The number of nitrogen functional groups attached to an aromatic ring is 1. The minimum Gasteiger partial charge on any atom is -0.507 e. The predicted octanol–water partition coefficient (Wildman–Crippen LogP) is 2.90. The highest BCUT2D eigenvalue weighted by molar-refractivity contribution is 5.76. The number of rotatable bonds is 1. The van der Waals surface area contributed by atoms with Crippen molar-refractivity contribution in [3.63, 3.8) is 0 Å². The molecule has 1 unspecified atom stereocenters. The van der Waals surface area contributed by atoms with Gasteiger partial charge in [-0.15, -0.1) is 10.2 Å². The third-order valence-electron chi connectivity index (χ3n) is 4.91. The first-order valence-corrected chi connectivity index (χ1v) is 8.01. The summed E-state index contributed by atoms with van der Waals surface area (Å²) in [6.07, 6.45) is -3.95. The van der Waals surface area contributed by atoms with Crippen LogP contribution >= 0.6 is 0 Å². The molecule has 0 bridgehead atoms.